The van der Waals surface area contributed by atoms with Crippen molar-refractivity contribution in [3.63, 3.8) is 0 Å². The number of hydrogen-bond acceptors (Lipinski definition) is 4. The van der Waals surface area contributed by atoms with Gasteiger partial charge in [0, 0.05) is 18.2 Å². The maximum absolute atomic E-state index is 13.1. The first-order valence-corrected chi connectivity index (χ1v) is 8.16. The lowest BCUT2D eigenvalue weighted by molar-refractivity contribution is -0.0214. The van der Waals surface area contributed by atoms with Crippen molar-refractivity contribution in [3.8, 4) is 5.75 Å². The van der Waals surface area contributed by atoms with Crippen LogP contribution in [-0.4, -0.2) is 25.0 Å². The van der Waals surface area contributed by atoms with Crippen LogP contribution in [-0.2, 0) is 11.2 Å². The largest absolute Gasteiger partial charge is 0.456 e. The Morgan fingerprint density at radius 2 is 1.92 bits per heavy atom. The first-order valence-electron chi connectivity index (χ1n) is 8.16. The Hall–Kier alpha value is -2.46. The molecule has 1 heterocycles. The van der Waals surface area contributed by atoms with Crippen molar-refractivity contribution in [3.05, 3.63) is 64.7 Å². The van der Waals surface area contributed by atoms with Crippen LogP contribution in [0.3, 0.4) is 0 Å². The molecule has 0 aliphatic carbocycles. The van der Waals surface area contributed by atoms with Crippen molar-refractivity contribution in [2.24, 2.45) is 0 Å². The molecule has 0 bridgehead atoms. The van der Waals surface area contributed by atoms with E-state index in [2.05, 4.69) is 6.92 Å². The predicted molar refractivity (Wildman–Crippen MR) is 90.7 cm³/mol. The molecule has 0 saturated carbocycles. The lowest BCUT2D eigenvalue weighted by atomic mass is 9.89. The van der Waals surface area contributed by atoms with Crippen LogP contribution in [0.25, 0.3) is 0 Å². The van der Waals surface area contributed by atoms with Gasteiger partial charge in [-0.25, -0.2) is 0 Å². The van der Waals surface area contributed by atoms with E-state index in [0.717, 1.165) is 24.8 Å². The number of Topliss-reactive ketones (excluding diaryl/α,β-unsaturated/α-hetero) is 1. The minimum atomic E-state index is -0.969. The highest BCUT2D eigenvalue weighted by molar-refractivity contribution is 6.19. The smallest absolute Gasteiger partial charge is 0.264 e. The molecule has 1 unspecified atom stereocenters. The number of methoxy groups -OCH3 is 1. The lowest BCUT2D eigenvalue weighted by Crippen LogP contribution is -2.23. The molecule has 0 amide bonds. The Labute approximate surface area is 141 Å². The van der Waals surface area contributed by atoms with Gasteiger partial charge in [-0.15, -0.1) is 0 Å². The molecule has 0 spiro atoms. The van der Waals surface area contributed by atoms with Crippen LogP contribution in [0.2, 0.25) is 0 Å². The van der Waals surface area contributed by atoms with E-state index in [1.165, 1.54) is 7.11 Å². The van der Waals surface area contributed by atoms with Gasteiger partial charge in [-0.3, -0.25) is 9.59 Å². The summed E-state index contributed by atoms with van der Waals surface area (Å²) < 4.78 is 10.6. The Bertz CT molecular complexity index is 765. The summed E-state index contributed by atoms with van der Waals surface area (Å²) in [6.45, 7) is 2.10. The average Bonchev–Trinajstić information content (AvgIpc) is 2.96. The molecule has 0 saturated heterocycles. The van der Waals surface area contributed by atoms with E-state index in [4.69, 9.17) is 9.47 Å². The molecule has 2 aromatic carbocycles. The molecule has 1 aliphatic heterocycles. The Morgan fingerprint density at radius 3 is 2.58 bits per heavy atom. The van der Waals surface area contributed by atoms with E-state index in [9.17, 15) is 9.59 Å². The van der Waals surface area contributed by atoms with Crippen molar-refractivity contribution < 1.29 is 19.1 Å². The number of benzene rings is 2. The molecule has 0 radical (unpaired) electrons. The third-order valence-corrected chi connectivity index (χ3v) is 4.22. The van der Waals surface area contributed by atoms with E-state index in [0.29, 0.717) is 22.4 Å². The highest BCUT2D eigenvalue weighted by atomic mass is 16.7. The van der Waals surface area contributed by atoms with Crippen molar-refractivity contribution in [1.29, 1.82) is 0 Å². The summed E-state index contributed by atoms with van der Waals surface area (Å²) in [5, 5.41) is 0. The van der Waals surface area contributed by atoms with Crippen LogP contribution in [0.4, 0.5) is 0 Å². The van der Waals surface area contributed by atoms with E-state index in [1.54, 1.807) is 18.2 Å². The third-order valence-electron chi connectivity index (χ3n) is 4.22. The number of carbonyl (C=O) groups is 2. The Balaban J connectivity index is 2.13. The fourth-order valence-electron chi connectivity index (χ4n) is 2.98. The van der Waals surface area contributed by atoms with Crippen LogP contribution >= 0.6 is 0 Å². The first-order chi connectivity index (χ1) is 11.7. The van der Waals surface area contributed by atoms with Gasteiger partial charge in [-0.2, -0.15) is 0 Å². The normalized spacial score (nSPS) is 15.9. The van der Waals surface area contributed by atoms with Crippen molar-refractivity contribution >= 4 is 11.6 Å². The summed E-state index contributed by atoms with van der Waals surface area (Å²) in [6.07, 6.45) is 1.75. The van der Waals surface area contributed by atoms with Crippen LogP contribution in [0.1, 0.15) is 51.6 Å². The summed E-state index contributed by atoms with van der Waals surface area (Å²) in [6, 6.07) is 12.7. The summed E-state index contributed by atoms with van der Waals surface area (Å²) in [4.78, 5) is 25.7. The molecule has 1 atom stereocenters. The van der Waals surface area contributed by atoms with Gasteiger partial charge in [-0.05, 0) is 24.5 Å². The van der Waals surface area contributed by atoms with Crippen LogP contribution in [0.15, 0.2) is 42.5 Å². The molecule has 4 nitrogen and oxygen atoms in total. The van der Waals surface area contributed by atoms with Gasteiger partial charge in [-0.1, -0.05) is 49.7 Å². The highest BCUT2D eigenvalue weighted by Gasteiger charge is 2.37. The molecule has 4 heteroatoms. The zero-order valence-corrected chi connectivity index (χ0v) is 13.9. The van der Waals surface area contributed by atoms with E-state index >= 15 is 0 Å². The molecular formula is C20H20O4. The number of fused-ring (bicyclic) bond motifs is 1. The fraction of sp³-hybridized carbons (Fsp3) is 0.300. The average molecular weight is 324 g/mol. The molecule has 24 heavy (non-hydrogen) atoms. The second kappa shape index (κ2) is 6.97. The molecular weight excluding hydrogens is 304 g/mol. The molecule has 3 rings (SSSR count). The number of carbonyl (C=O) groups excluding carboxylic acids is 2. The Kier molecular flexibility index (Phi) is 4.76. The standard InChI is InChI=1S/C20H20O4/c1-3-4-8-13-11-12-15-17(19(22)20(23-2)24-15)16(13)18(21)14-9-6-5-7-10-14/h5-7,9-12,20H,3-4,8H2,1-2H3. The maximum Gasteiger partial charge on any atom is 0.264 e. The number of ether oxygens (including phenoxy) is 2. The molecule has 0 aromatic heterocycles. The molecule has 1 aliphatic rings. The number of hydrogen-bond donors (Lipinski definition) is 0. The number of ketones is 2. The molecule has 124 valence electrons. The minimum Gasteiger partial charge on any atom is -0.456 e. The number of aryl methyl sites for hydroxylation is 1. The van der Waals surface area contributed by atoms with Gasteiger partial charge in [0.05, 0.1) is 5.56 Å². The second-order valence-electron chi connectivity index (χ2n) is 5.82. The quantitative estimate of drug-likeness (QED) is 0.758. The topological polar surface area (TPSA) is 52.6 Å². The van der Waals surface area contributed by atoms with Gasteiger partial charge in [0.25, 0.3) is 6.29 Å². The van der Waals surface area contributed by atoms with E-state index in [-0.39, 0.29) is 11.6 Å². The van der Waals surface area contributed by atoms with Crippen LogP contribution in [0, 0.1) is 0 Å². The van der Waals surface area contributed by atoms with E-state index in [1.807, 2.05) is 24.3 Å². The first kappa shape index (κ1) is 16.4. The zero-order chi connectivity index (χ0) is 17.1. The van der Waals surface area contributed by atoms with Crippen molar-refractivity contribution in [1.82, 2.24) is 0 Å². The van der Waals surface area contributed by atoms with Crippen molar-refractivity contribution in [2.75, 3.05) is 7.11 Å². The predicted octanol–water partition coefficient (Wildman–Crippen LogP) is 3.81. The molecule has 0 N–H and O–H groups in total. The van der Waals surface area contributed by atoms with Crippen LogP contribution < -0.4 is 4.74 Å². The monoisotopic (exact) mass is 324 g/mol. The summed E-state index contributed by atoms with van der Waals surface area (Å²) in [5.41, 5.74) is 2.26. The summed E-state index contributed by atoms with van der Waals surface area (Å²) in [7, 11) is 1.42. The molecule has 2 aromatic rings. The Morgan fingerprint density at radius 1 is 1.17 bits per heavy atom. The number of rotatable bonds is 6. The van der Waals surface area contributed by atoms with Gasteiger partial charge < -0.3 is 9.47 Å². The zero-order valence-electron chi connectivity index (χ0n) is 13.9. The van der Waals surface area contributed by atoms with Gasteiger partial charge in [0.15, 0.2) is 5.78 Å². The van der Waals surface area contributed by atoms with Crippen LogP contribution in [0.5, 0.6) is 5.75 Å². The lowest BCUT2D eigenvalue weighted by Gasteiger charge is -2.12. The summed E-state index contributed by atoms with van der Waals surface area (Å²) in [5.74, 6) is -0.0104. The SMILES string of the molecule is CCCCc1ccc2c(c1C(=O)c1ccccc1)C(=O)C(OC)O2. The summed E-state index contributed by atoms with van der Waals surface area (Å²) >= 11 is 0. The van der Waals surface area contributed by atoms with Gasteiger partial charge in [0.2, 0.25) is 5.78 Å². The van der Waals surface area contributed by atoms with Crippen molar-refractivity contribution in [2.45, 2.75) is 32.5 Å². The maximum atomic E-state index is 13.1. The van der Waals surface area contributed by atoms with Gasteiger partial charge in [0.1, 0.15) is 5.75 Å². The van der Waals surface area contributed by atoms with Gasteiger partial charge >= 0.3 is 0 Å². The van der Waals surface area contributed by atoms with E-state index < -0.39 is 6.29 Å². The minimum absolute atomic E-state index is 0.146. The highest BCUT2D eigenvalue weighted by Crippen LogP contribution is 2.35. The number of unbranched alkanes of at least 4 members (excludes halogenated alkanes) is 1. The third kappa shape index (κ3) is 2.85. The molecule has 0 fully saturated rings. The second-order valence-corrected chi connectivity index (χ2v) is 5.82. The fourth-order valence-corrected chi connectivity index (χ4v) is 2.98.